The zero-order chi connectivity index (χ0) is 24.0. The van der Waals surface area contributed by atoms with Crippen LogP contribution in [0.2, 0.25) is 0 Å². The number of hydrogen-bond acceptors (Lipinski definition) is 5. The number of phenolic OH excluding ortho intramolecular Hbond substituents is 1. The summed E-state index contributed by atoms with van der Waals surface area (Å²) in [6, 6.07) is 16.6. The minimum Gasteiger partial charge on any atom is -1.00 e. The lowest BCUT2D eigenvalue weighted by atomic mass is 9.73. The summed E-state index contributed by atoms with van der Waals surface area (Å²) in [7, 11) is 4.32. The Labute approximate surface area is 218 Å². The predicted octanol–water partition coefficient (Wildman–Crippen LogP) is 2.25. The Kier molecular flexibility index (Phi) is 9.39. The van der Waals surface area contributed by atoms with Crippen molar-refractivity contribution in [2.75, 3.05) is 27.2 Å². The SMILES string of the molecule is C[N+](C)(CCCOc1ccc(O)cc1)Cc1cnc([C@](O)(c2ccccc2)C2CCCCC2)o1.[Br-]. The molecule has 0 unspecified atom stereocenters. The fourth-order valence-corrected chi connectivity index (χ4v) is 5.03. The Morgan fingerprint density at radius 2 is 1.71 bits per heavy atom. The van der Waals surface area contributed by atoms with Crippen LogP contribution in [-0.2, 0) is 12.1 Å². The molecule has 0 bridgehead atoms. The van der Waals surface area contributed by atoms with Crippen molar-refractivity contribution in [2.24, 2.45) is 5.92 Å². The molecule has 1 saturated carbocycles. The summed E-state index contributed by atoms with van der Waals surface area (Å²) < 4.78 is 12.8. The molecule has 1 aromatic heterocycles. The largest absolute Gasteiger partial charge is 1.00 e. The van der Waals surface area contributed by atoms with Crippen molar-refractivity contribution in [3.63, 3.8) is 0 Å². The summed E-state index contributed by atoms with van der Waals surface area (Å²) in [6.45, 7) is 2.19. The van der Waals surface area contributed by atoms with E-state index in [9.17, 15) is 10.2 Å². The zero-order valence-electron chi connectivity index (χ0n) is 20.7. The number of phenols is 1. The Bertz CT molecular complexity index is 1030. The molecule has 4 rings (SSSR count). The molecular weight excluding hydrogens is 508 g/mol. The van der Waals surface area contributed by atoms with E-state index in [0.717, 1.165) is 60.2 Å². The lowest BCUT2D eigenvalue weighted by molar-refractivity contribution is -0.904. The maximum Gasteiger partial charge on any atom is 0.231 e. The highest BCUT2D eigenvalue weighted by Gasteiger charge is 2.44. The Morgan fingerprint density at radius 3 is 2.40 bits per heavy atom. The number of aliphatic hydroxyl groups is 1. The van der Waals surface area contributed by atoms with E-state index >= 15 is 0 Å². The molecule has 190 valence electrons. The van der Waals surface area contributed by atoms with E-state index in [1.54, 1.807) is 30.5 Å². The van der Waals surface area contributed by atoms with Gasteiger partial charge in [-0.1, -0.05) is 49.6 Å². The Hall–Kier alpha value is -2.35. The van der Waals surface area contributed by atoms with E-state index in [2.05, 4.69) is 19.1 Å². The van der Waals surface area contributed by atoms with E-state index in [4.69, 9.17) is 9.15 Å². The average Bonchev–Trinajstić information content (AvgIpc) is 3.32. The third-order valence-electron chi connectivity index (χ3n) is 6.89. The summed E-state index contributed by atoms with van der Waals surface area (Å²) >= 11 is 0. The second-order valence-electron chi connectivity index (χ2n) is 10.1. The summed E-state index contributed by atoms with van der Waals surface area (Å²) in [4.78, 5) is 4.60. The first-order valence-corrected chi connectivity index (χ1v) is 12.3. The van der Waals surface area contributed by atoms with Gasteiger partial charge in [0.1, 0.15) is 18.0 Å². The summed E-state index contributed by atoms with van der Waals surface area (Å²) in [5, 5.41) is 21.4. The van der Waals surface area contributed by atoms with Crippen LogP contribution in [0.5, 0.6) is 11.5 Å². The normalized spacial score (nSPS) is 16.3. The minimum absolute atomic E-state index is 0. The van der Waals surface area contributed by atoms with E-state index < -0.39 is 5.60 Å². The number of oxazole rings is 1. The van der Waals surface area contributed by atoms with Gasteiger partial charge in [0.2, 0.25) is 5.89 Å². The molecule has 35 heavy (non-hydrogen) atoms. The van der Waals surface area contributed by atoms with E-state index in [1.165, 1.54) is 6.42 Å². The lowest BCUT2D eigenvalue weighted by Gasteiger charge is -2.36. The predicted molar refractivity (Wildman–Crippen MR) is 131 cm³/mol. The van der Waals surface area contributed by atoms with Gasteiger partial charge in [-0.3, -0.25) is 0 Å². The molecule has 7 heteroatoms. The molecule has 1 atom stereocenters. The Balaban J connectivity index is 0.00000342. The maximum absolute atomic E-state index is 12.0. The molecule has 0 spiro atoms. The second kappa shape index (κ2) is 12.1. The summed E-state index contributed by atoms with van der Waals surface area (Å²) in [5.41, 5.74) is -0.342. The molecule has 1 heterocycles. The number of rotatable bonds is 10. The number of aromatic hydroxyl groups is 1. The number of aromatic nitrogens is 1. The molecule has 6 nitrogen and oxygen atoms in total. The highest BCUT2D eigenvalue weighted by atomic mass is 79.9. The van der Waals surface area contributed by atoms with Crippen molar-refractivity contribution in [1.82, 2.24) is 4.98 Å². The average molecular weight is 546 g/mol. The molecule has 0 amide bonds. The highest BCUT2D eigenvalue weighted by Crippen LogP contribution is 2.43. The van der Waals surface area contributed by atoms with Gasteiger partial charge in [-0.25, -0.2) is 4.98 Å². The fraction of sp³-hybridized carbons (Fsp3) is 0.464. The quantitative estimate of drug-likeness (QED) is 0.302. The van der Waals surface area contributed by atoms with E-state index in [1.807, 2.05) is 30.3 Å². The van der Waals surface area contributed by atoms with Gasteiger partial charge in [0.25, 0.3) is 0 Å². The highest BCUT2D eigenvalue weighted by molar-refractivity contribution is 5.31. The number of ether oxygens (including phenoxy) is 1. The van der Waals surface area contributed by atoms with Crippen molar-refractivity contribution >= 4 is 0 Å². The van der Waals surface area contributed by atoms with Crippen molar-refractivity contribution in [2.45, 2.75) is 50.7 Å². The smallest absolute Gasteiger partial charge is 0.231 e. The van der Waals surface area contributed by atoms with Gasteiger partial charge in [-0.05, 0) is 42.7 Å². The molecule has 1 fully saturated rings. The molecule has 0 saturated heterocycles. The van der Waals surface area contributed by atoms with Crippen LogP contribution in [-0.4, -0.2) is 46.9 Å². The molecule has 1 aliphatic rings. The minimum atomic E-state index is -1.20. The zero-order valence-corrected chi connectivity index (χ0v) is 22.3. The fourth-order valence-electron chi connectivity index (χ4n) is 5.03. The van der Waals surface area contributed by atoms with Gasteiger partial charge < -0.3 is 40.8 Å². The van der Waals surface area contributed by atoms with Crippen LogP contribution < -0.4 is 21.7 Å². The molecule has 0 radical (unpaired) electrons. The van der Waals surface area contributed by atoms with Crippen LogP contribution in [0, 0.1) is 5.92 Å². The van der Waals surface area contributed by atoms with Crippen molar-refractivity contribution in [1.29, 1.82) is 0 Å². The molecule has 2 N–H and O–H groups in total. The number of hydrogen-bond donors (Lipinski definition) is 2. The van der Waals surface area contributed by atoms with Crippen molar-refractivity contribution in [3.05, 3.63) is 78.0 Å². The monoisotopic (exact) mass is 544 g/mol. The summed E-state index contributed by atoms with van der Waals surface area (Å²) in [5.74, 6) is 2.29. The van der Waals surface area contributed by atoms with Crippen molar-refractivity contribution in [3.8, 4) is 11.5 Å². The van der Waals surface area contributed by atoms with Crippen LogP contribution in [0.3, 0.4) is 0 Å². The number of quaternary nitrogens is 1. The second-order valence-corrected chi connectivity index (χ2v) is 10.1. The maximum atomic E-state index is 12.0. The Morgan fingerprint density at radius 1 is 1.03 bits per heavy atom. The van der Waals surface area contributed by atoms with Gasteiger partial charge in [-0.15, -0.1) is 0 Å². The van der Waals surface area contributed by atoms with Gasteiger partial charge in [-0.2, -0.15) is 0 Å². The topological polar surface area (TPSA) is 75.7 Å². The van der Waals surface area contributed by atoms with Crippen LogP contribution >= 0.6 is 0 Å². The molecular formula is C28H37BrN2O4. The van der Waals surface area contributed by atoms with Gasteiger partial charge in [0, 0.05) is 12.3 Å². The molecule has 2 aromatic carbocycles. The number of halogens is 1. The number of benzene rings is 2. The van der Waals surface area contributed by atoms with E-state index in [-0.39, 0.29) is 28.6 Å². The first-order valence-electron chi connectivity index (χ1n) is 12.3. The molecule has 1 aliphatic carbocycles. The van der Waals surface area contributed by atoms with Crippen LogP contribution in [0.15, 0.2) is 65.2 Å². The lowest BCUT2D eigenvalue weighted by Crippen LogP contribution is -3.00. The van der Waals surface area contributed by atoms with Gasteiger partial charge in [0.05, 0.1) is 33.4 Å². The van der Waals surface area contributed by atoms with Gasteiger partial charge in [0.15, 0.2) is 11.4 Å². The third kappa shape index (κ3) is 6.87. The van der Waals surface area contributed by atoms with E-state index in [0.29, 0.717) is 19.0 Å². The summed E-state index contributed by atoms with van der Waals surface area (Å²) in [6.07, 6.45) is 8.09. The first kappa shape index (κ1) is 27.2. The van der Waals surface area contributed by atoms with Crippen LogP contribution in [0.4, 0.5) is 0 Å². The van der Waals surface area contributed by atoms with Crippen molar-refractivity contribution < 1.29 is 40.8 Å². The van der Waals surface area contributed by atoms with Gasteiger partial charge >= 0.3 is 0 Å². The molecule has 0 aliphatic heterocycles. The first-order chi connectivity index (χ1) is 16.4. The number of nitrogens with zero attached hydrogens (tertiary/aromatic N) is 2. The molecule has 3 aromatic rings. The van der Waals surface area contributed by atoms with Crippen LogP contribution in [0.25, 0.3) is 0 Å². The standard InChI is InChI=1S/C28H36N2O4.BrH/c1-30(2,18-9-19-33-25-16-14-24(31)15-17-25)21-26-20-29-27(34-26)28(32,22-10-5-3-6-11-22)23-12-7-4-8-13-23;/h3,5-6,10-11,14-17,20,23,32H,4,7-9,12-13,18-19,21H2,1-2H3;1H/t28-;/m0./s1. The van der Waals surface area contributed by atoms with Crippen LogP contribution in [0.1, 0.15) is 55.7 Å². The third-order valence-corrected chi connectivity index (χ3v) is 6.89.